The number of anilines is 1. The average Bonchev–Trinajstić information content (AvgIpc) is 2.90. The lowest BCUT2D eigenvalue weighted by molar-refractivity contribution is -0.384. The summed E-state index contributed by atoms with van der Waals surface area (Å²) in [6.45, 7) is -0.162. The molecule has 0 aliphatic carbocycles. The molecule has 0 saturated carbocycles. The molecule has 6 nitrogen and oxygen atoms in total. The molecule has 0 unspecified atom stereocenters. The van der Waals surface area contributed by atoms with Crippen molar-refractivity contribution in [3.05, 3.63) is 33.9 Å². The number of rotatable bonds is 6. The molecule has 9 heteroatoms. The summed E-state index contributed by atoms with van der Waals surface area (Å²) in [5.41, 5.74) is 0.586. The Morgan fingerprint density at radius 1 is 1.43 bits per heavy atom. The second-order valence-electron chi connectivity index (χ2n) is 5.65. The summed E-state index contributed by atoms with van der Waals surface area (Å²) in [7, 11) is 0. The summed E-state index contributed by atoms with van der Waals surface area (Å²) in [5.74, 6) is 0.00877. The van der Waals surface area contributed by atoms with E-state index in [0.717, 1.165) is 0 Å². The Morgan fingerprint density at radius 3 is 2.78 bits per heavy atom. The summed E-state index contributed by atoms with van der Waals surface area (Å²) in [4.78, 5) is 11.8. The van der Waals surface area contributed by atoms with Crippen molar-refractivity contribution in [3.63, 3.8) is 0 Å². The van der Waals surface area contributed by atoms with Crippen molar-refractivity contribution in [1.29, 1.82) is 0 Å². The standard InChI is InChI=1S/C14H18F3N3O3/c15-14(16,17)9-19-4-3-11(7-19)6-18-12-2-1-10(8-21)5-13(12)20(22)23/h1-2,5,11,18,21H,3-4,6-9H2/t11-/m1/s1. The van der Waals surface area contributed by atoms with E-state index in [1.165, 1.54) is 17.0 Å². The predicted molar refractivity (Wildman–Crippen MR) is 78.1 cm³/mol. The molecule has 0 aromatic heterocycles. The van der Waals surface area contributed by atoms with E-state index in [1.807, 2.05) is 0 Å². The van der Waals surface area contributed by atoms with Crippen LogP contribution in [0.25, 0.3) is 0 Å². The second-order valence-corrected chi connectivity index (χ2v) is 5.65. The molecule has 23 heavy (non-hydrogen) atoms. The molecule has 2 N–H and O–H groups in total. The van der Waals surface area contributed by atoms with Crippen molar-refractivity contribution in [3.8, 4) is 0 Å². The van der Waals surface area contributed by atoms with Crippen molar-refractivity contribution >= 4 is 11.4 Å². The van der Waals surface area contributed by atoms with Crippen molar-refractivity contribution in [1.82, 2.24) is 4.90 Å². The minimum Gasteiger partial charge on any atom is -0.392 e. The SMILES string of the molecule is O=[N+]([O-])c1cc(CO)ccc1NC[C@H]1CCN(CC(F)(F)F)C1. The first-order valence-corrected chi connectivity index (χ1v) is 7.19. The molecule has 1 fully saturated rings. The number of nitro groups is 1. The van der Waals surface area contributed by atoms with Gasteiger partial charge in [0.1, 0.15) is 5.69 Å². The van der Waals surface area contributed by atoms with Crippen LogP contribution in [0.15, 0.2) is 18.2 Å². The largest absolute Gasteiger partial charge is 0.401 e. The number of benzene rings is 1. The molecule has 1 aromatic rings. The van der Waals surface area contributed by atoms with E-state index in [9.17, 15) is 23.3 Å². The molecular formula is C14H18F3N3O3. The Hall–Kier alpha value is -1.87. The fourth-order valence-corrected chi connectivity index (χ4v) is 2.71. The van der Waals surface area contributed by atoms with E-state index in [0.29, 0.717) is 37.3 Å². The van der Waals surface area contributed by atoms with Crippen LogP contribution in [0.4, 0.5) is 24.5 Å². The number of hydrogen-bond acceptors (Lipinski definition) is 5. The number of halogens is 3. The molecule has 1 heterocycles. The molecule has 0 bridgehead atoms. The summed E-state index contributed by atoms with van der Waals surface area (Å²) in [5, 5.41) is 23.0. The topological polar surface area (TPSA) is 78.6 Å². The lowest BCUT2D eigenvalue weighted by atomic mass is 10.1. The number of aliphatic hydroxyl groups is 1. The summed E-state index contributed by atoms with van der Waals surface area (Å²) in [6.07, 6.45) is -3.59. The van der Waals surface area contributed by atoms with Gasteiger partial charge >= 0.3 is 6.18 Å². The highest BCUT2D eigenvalue weighted by Gasteiger charge is 2.34. The monoisotopic (exact) mass is 333 g/mol. The summed E-state index contributed by atoms with van der Waals surface area (Å²) < 4.78 is 37.0. The van der Waals surface area contributed by atoms with Crippen LogP contribution >= 0.6 is 0 Å². The molecule has 128 valence electrons. The predicted octanol–water partition coefficient (Wildman–Crippen LogP) is 2.38. The molecule has 1 atom stereocenters. The molecular weight excluding hydrogens is 315 g/mol. The van der Waals surface area contributed by atoms with Gasteiger partial charge in [0.15, 0.2) is 0 Å². The normalized spacial score (nSPS) is 19.0. The number of nitro benzene ring substituents is 1. The lowest BCUT2D eigenvalue weighted by Crippen LogP contribution is -2.33. The minimum atomic E-state index is -4.21. The first-order valence-electron chi connectivity index (χ1n) is 7.19. The van der Waals surface area contributed by atoms with Gasteiger partial charge in [0.2, 0.25) is 0 Å². The van der Waals surface area contributed by atoms with Gasteiger partial charge in [0, 0.05) is 19.2 Å². The van der Waals surface area contributed by atoms with E-state index < -0.39 is 17.6 Å². The van der Waals surface area contributed by atoms with Gasteiger partial charge in [-0.15, -0.1) is 0 Å². The zero-order valence-electron chi connectivity index (χ0n) is 12.3. The van der Waals surface area contributed by atoms with Crippen LogP contribution in [0.5, 0.6) is 0 Å². The number of alkyl halides is 3. The van der Waals surface area contributed by atoms with Crippen LogP contribution < -0.4 is 5.32 Å². The van der Waals surface area contributed by atoms with E-state index in [4.69, 9.17) is 5.11 Å². The van der Waals surface area contributed by atoms with Gasteiger partial charge in [0.05, 0.1) is 18.1 Å². The van der Waals surface area contributed by atoms with Gasteiger partial charge in [-0.25, -0.2) is 0 Å². The molecule has 1 aliphatic rings. The smallest absolute Gasteiger partial charge is 0.392 e. The molecule has 1 aromatic carbocycles. The van der Waals surface area contributed by atoms with Gasteiger partial charge in [-0.05, 0) is 30.5 Å². The Balaban J connectivity index is 1.93. The van der Waals surface area contributed by atoms with E-state index in [2.05, 4.69) is 5.32 Å². The third kappa shape index (κ3) is 5.07. The Morgan fingerprint density at radius 2 is 2.17 bits per heavy atom. The molecule has 0 amide bonds. The number of likely N-dealkylation sites (tertiary alicyclic amines) is 1. The van der Waals surface area contributed by atoms with Crippen LogP contribution in [0.3, 0.4) is 0 Å². The molecule has 1 saturated heterocycles. The summed E-state index contributed by atoms with van der Waals surface area (Å²) >= 11 is 0. The van der Waals surface area contributed by atoms with Crippen molar-refractivity contribution in [2.45, 2.75) is 19.2 Å². The number of hydrogen-bond donors (Lipinski definition) is 2. The van der Waals surface area contributed by atoms with Crippen LogP contribution in [0.1, 0.15) is 12.0 Å². The highest BCUT2D eigenvalue weighted by atomic mass is 19.4. The Kier molecular flexibility index (Phi) is 5.42. The Labute approximate surface area is 131 Å². The lowest BCUT2D eigenvalue weighted by Gasteiger charge is -2.18. The van der Waals surface area contributed by atoms with E-state index in [1.54, 1.807) is 6.07 Å². The third-order valence-corrected chi connectivity index (χ3v) is 3.80. The van der Waals surface area contributed by atoms with Crippen molar-refractivity contribution < 1.29 is 23.2 Å². The van der Waals surface area contributed by atoms with Gasteiger partial charge in [-0.1, -0.05) is 6.07 Å². The Bertz CT molecular complexity index is 566. The highest BCUT2D eigenvalue weighted by molar-refractivity contribution is 5.62. The maximum Gasteiger partial charge on any atom is 0.401 e. The second kappa shape index (κ2) is 7.14. The quantitative estimate of drug-likeness (QED) is 0.617. The molecule has 2 rings (SSSR count). The van der Waals surface area contributed by atoms with Crippen LogP contribution in [0.2, 0.25) is 0 Å². The van der Waals surface area contributed by atoms with Gasteiger partial charge < -0.3 is 10.4 Å². The van der Waals surface area contributed by atoms with Gasteiger partial charge in [-0.3, -0.25) is 15.0 Å². The maximum absolute atomic E-state index is 12.3. The van der Waals surface area contributed by atoms with Gasteiger partial charge in [0.25, 0.3) is 5.69 Å². The van der Waals surface area contributed by atoms with Crippen molar-refractivity contribution in [2.75, 3.05) is 31.5 Å². The third-order valence-electron chi connectivity index (χ3n) is 3.80. The van der Waals surface area contributed by atoms with Crippen LogP contribution in [0, 0.1) is 16.0 Å². The first-order chi connectivity index (χ1) is 10.8. The maximum atomic E-state index is 12.3. The molecule has 0 spiro atoms. The van der Waals surface area contributed by atoms with Crippen molar-refractivity contribution in [2.24, 2.45) is 5.92 Å². The number of nitrogens with zero attached hydrogens (tertiary/aromatic N) is 2. The van der Waals surface area contributed by atoms with Gasteiger partial charge in [-0.2, -0.15) is 13.2 Å². The zero-order valence-corrected chi connectivity index (χ0v) is 12.3. The zero-order chi connectivity index (χ0) is 17.0. The molecule has 0 radical (unpaired) electrons. The van der Waals surface area contributed by atoms with E-state index >= 15 is 0 Å². The fourth-order valence-electron chi connectivity index (χ4n) is 2.71. The highest BCUT2D eigenvalue weighted by Crippen LogP contribution is 2.27. The number of aliphatic hydroxyl groups excluding tert-OH is 1. The fraction of sp³-hybridized carbons (Fsp3) is 0.571. The van der Waals surface area contributed by atoms with Crippen LogP contribution in [-0.2, 0) is 6.61 Å². The van der Waals surface area contributed by atoms with Crippen LogP contribution in [-0.4, -0.2) is 47.3 Å². The minimum absolute atomic E-state index is 0.00877. The molecule has 1 aliphatic heterocycles. The number of nitrogens with one attached hydrogen (secondary N) is 1. The summed E-state index contributed by atoms with van der Waals surface area (Å²) in [6, 6.07) is 4.36. The first kappa shape index (κ1) is 17.5. The average molecular weight is 333 g/mol. The van der Waals surface area contributed by atoms with E-state index in [-0.39, 0.29) is 18.2 Å².